The van der Waals surface area contributed by atoms with Crippen molar-refractivity contribution < 1.29 is 28.5 Å². The first-order valence-corrected chi connectivity index (χ1v) is 8.21. The minimum Gasteiger partial charge on any atom is -0.465 e. The molecule has 2 fully saturated rings. The van der Waals surface area contributed by atoms with Crippen LogP contribution in [0.15, 0.2) is 0 Å². The van der Waals surface area contributed by atoms with Crippen molar-refractivity contribution in [1.29, 1.82) is 0 Å². The molecule has 0 saturated carbocycles. The Hall–Kier alpha value is -1.14. The Bertz CT molecular complexity index is 311. The Morgan fingerprint density at radius 3 is 1.64 bits per heavy atom. The minimum atomic E-state index is -0.191. The van der Waals surface area contributed by atoms with Crippen LogP contribution in [-0.4, -0.2) is 51.6 Å². The zero-order valence-electron chi connectivity index (χ0n) is 13.1. The lowest BCUT2D eigenvalue weighted by atomic mass is 10.1. The quantitative estimate of drug-likeness (QED) is 0.476. The van der Waals surface area contributed by atoms with Gasteiger partial charge in [-0.3, -0.25) is 9.59 Å². The van der Waals surface area contributed by atoms with Crippen LogP contribution in [0.3, 0.4) is 0 Å². The van der Waals surface area contributed by atoms with Gasteiger partial charge in [0.1, 0.15) is 0 Å². The first-order chi connectivity index (χ1) is 10.7. The summed E-state index contributed by atoms with van der Waals surface area (Å²) in [7, 11) is 0. The topological polar surface area (TPSA) is 71.1 Å². The second kappa shape index (κ2) is 9.79. The number of ether oxygens (including phenoxy) is 4. The van der Waals surface area contributed by atoms with Gasteiger partial charge in [-0.15, -0.1) is 0 Å². The van der Waals surface area contributed by atoms with E-state index in [1.165, 1.54) is 0 Å². The monoisotopic (exact) mass is 314 g/mol. The van der Waals surface area contributed by atoms with E-state index in [9.17, 15) is 9.59 Å². The average molecular weight is 314 g/mol. The first-order valence-electron chi connectivity index (χ1n) is 8.21. The Morgan fingerprint density at radius 2 is 1.27 bits per heavy atom. The molecule has 2 aliphatic rings. The molecule has 6 heteroatoms. The molecule has 2 unspecified atom stereocenters. The summed E-state index contributed by atoms with van der Waals surface area (Å²) in [6, 6.07) is 0. The maximum atomic E-state index is 11.6. The van der Waals surface area contributed by atoms with Gasteiger partial charge in [-0.2, -0.15) is 0 Å². The van der Waals surface area contributed by atoms with Crippen molar-refractivity contribution in [3.63, 3.8) is 0 Å². The molecule has 6 nitrogen and oxygen atoms in total. The Balaban J connectivity index is 1.42. The Morgan fingerprint density at radius 1 is 0.818 bits per heavy atom. The molecule has 2 aliphatic heterocycles. The van der Waals surface area contributed by atoms with Gasteiger partial charge in [-0.05, 0) is 25.7 Å². The van der Waals surface area contributed by atoms with Crippen LogP contribution in [-0.2, 0) is 28.5 Å². The van der Waals surface area contributed by atoms with Crippen LogP contribution >= 0.6 is 0 Å². The molecule has 0 bridgehead atoms. The fourth-order valence-electron chi connectivity index (χ4n) is 2.53. The van der Waals surface area contributed by atoms with Crippen LogP contribution < -0.4 is 0 Å². The fourth-order valence-corrected chi connectivity index (χ4v) is 2.53. The van der Waals surface area contributed by atoms with Gasteiger partial charge in [0.15, 0.2) is 0 Å². The highest BCUT2D eigenvalue weighted by molar-refractivity contribution is 5.70. The fraction of sp³-hybridized carbons (Fsp3) is 0.875. The molecule has 126 valence electrons. The lowest BCUT2D eigenvalue weighted by Gasteiger charge is -2.09. The van der Waals surface area contributed by atoms with Crippen molar-refractivity contribution in [3.8, 4) is 0 Å². The molecule has 0 aromatic heterocycles. The normalized spacial score (nSPS) is 24.4. The highest BCUT2D eigenvalue weighted by Crippen LogP contribution is 2.14. The van der Waals surface area contributed by atoms with Crippen LogP contribution in [0.4, 0.5) is 0 Å². The van der Waals surface area contributed by atoms with Crippen molar-refractivity contribution in [1.82, 2.24) is 0 Å². The molecule has 0 amide bonds. The van der Waals surface area contributed by atoms with Gasteiger partial charge < -0.3 is 18.9 Å². The van der Waals surface area contributed by atoms with Gasteiger partial charge in [0.2, 0.25) is 0 Å². The second-order valence-electron chi connectivity index (χ2n) is 6.03. The zero-order chi connectivity index (χ0) is 15.6. The third-order valence-corrected chi connectivity index (χ3v) is 4.02. The van der Waals surface area contributed by atoms with Crippen LogP contribution in [0, 0.1) is 11.8 Å². The SMILES string of the molecule is O=C(CCCCC(=O)OCC1CCOC1)OCC1CCOC1. The molecular formula is C16H26O6. The maximum Gasteiger partial charge on any atom is 0.305 e. The van der Waals surface area contributed by atoms with Gasteiger partial charge in [0.05, 0.1) is 26.4 Å². The second-order valence-corrected chi connectivity index (χ2v) is 6.03. The summed E-state index contributed by atoms with van der Waals surface area (Å²) in [5.41, 5.74) is 0. The largest absolute Gasteiger partial charge is 0.465 e. The van der Waals surface area contributed by atoms with Gasteiger partial charge in [0.25, 0.3) is 0 Å². The van der Waals surface area contributed by atoms with Crippen LogP contribution in [0.5, 0.6) is 0 Å². The first kappa shape index (κ1) is 17.2. The van der Waals surface area contributed by atoms with Crippen molar-refractivity contribution in [3.05, 3.63) is 0 Å². The van der Waals surface area contributed by atoms with Crippen molar-refractivity contribution in [2.45, 2.75) is 38.5 Å². The summed E-state index contributed by atoms with van der Waals surface area (Å²) in [6.07, 6.45) is 3.95. The predicted octanol–water partition coefficient (Wildman–Crippen LogP) is 1.71. The Kier molecular flexibility index (Phi) is 7.66. The number of esters is 2. The summed E-state index contributed by atoms with van der Waals surface area (Å²) in [4.78, 5) is 23.1. The molecule has 0 N–H and O–H groups in total. The lowest BCUT2D eigenvalue weighted by molar-refractivity contribution is -0.147. The van der Waals surface area contributed by atoms with Crippen molar-refractivity contribution in [2.24, 2.45) is 11.8 Å². The molecule has 2 rings (SSSR count). The van der Waals surface area contributed by atoms with E-state index in [0.717, 1.165) is 26.1 Å². The highest BCUT2D eigenvalue weighted by atomic mass is 16.5. The van der Waals surface area contributed by atoms with Gasteiger partial charge >= 0.3 is 11.9 Å². The van der Waals surface area contributed by atoms with Crippen LogP contribution in [0.25, 0.3) is 0 Å². The highest BCUT2D eigenvalue weighted by Gasteiger charge is 2.18. The molecule has 0 aromatic carbocycles. The molecule has 0 aliphatic carbocycles. The summed E-state index contributed by atoms with van der Waals surface area (Å²) in [5.74, 6) is 0.309. The van der Waals surface area contributed by atoms with Crippen molar-refractivity contribution >= 4 is 11.9 Å². The van der Waals surface area contributed by atoms with Crippen LogP contribution in [0.2, 0.25) is 0 Å². The number of rotatable bonds is 9. The van der Waals surface area contributed by atoms with E-state index in [1.807, 2.05) is 0 Å². The lowest BCUT2D eigenvalue weighted by Crippen LogP contribution is -2.15. The summed E-state index contributed by atoms with van der Waals surface area (Å²) >= 11 is 0. The maximum absolute atomic E-state index is 11.6. The van der Waals surface area contributed by atoms with E-state index in [2.05, 4.69) is 0 Å². The average Bonchev–Trinajstić information content (AvgIpc) is 3.20. The smallest absolute Gasteiger partial charge is 0.305 e. The number of unbranched alkanes of at least 4 members (excludes halogenated alkanes) is 1. The molecule has 0 aromatic rings. The van der Waals surface area contributed by atoms with E-state index < -0.39 is 0 Å². The van der Waals surface area contributed by atoms with Gasteiger partial charge in [0, 0.05) is 37.9 Å². The van der Waals surface area contributed by atoms with E-state index in [0.29, 0.717) is 63.9 Å². The standard InChI is InChI=1S/C16H26O6/c17-15(21-11-13-5-7-19-9-13)3-1-2-4-16(18)22-12-14-6-8-20-10-14/h13-14H,1-12H2. The molecule has 0 radical (unpaired) electrons. The van der Waals surface area contributed by atoms with Gasteiger partial charge in [-0.25, -0.2) is 0 Å². The van der Waals surface area contributed by atoms with E-state index in [1.54, 1.807) is 0 Å². The van der Waals surface area contributed by atoms with E-state index in [-0.39, 0.29) is 11.9 Å². The predicted molar refractivity (Wildman–Crippen MR) is 78.2 cm³/mol. The molecule has 22 heavy (non-hydrogen) atoms. The third-order valence-electron chi connectivity index (χ3n) is 4.02. The van der Waals surface area contributed by atoms with Crippen molar-refractivity contribution in [2.75, 3.05) is 39.6 Å². The minimum absolute atomic E-state index is 0.191. The number of carbonyl (C=O) groups is 2. The number of hydrogen-bond acceptors (Lipinski definition) is 6. The third kappa shape index (κ3) is 6.75. The molecule has 2 saturated heterocycles. The number of hydrogen-bond donors (Lipinski definition) is 0. The number of carbonyl (C=O) groups excluding carboxylic acids is 2. The van der Waals surface area contributed by atoms with Crippen LogP contribution in [0.1, 0.15) is 38.5 Å². The Labute approximate surface area is 131 Å². The molecule has 0 spiro atoms. The van der Waals surface area contributed by atoms with Gasteiger partial charge in [-0.1, -0.05) is 0 Å². The van der Waals surface area contributed by atoms with E-state index in [4.69, 9.17) is 18.9 Å². The molecule has 2 atom stereocenters. The van der Waals surface area contributed by atoms with E-state index >= 15 is 0 Å². The summed E-state index contributed by atoms with van der Waals surface area (Å²) in [6.45, 7) is 3.79. The molecular weight excluding hydrogens is 288 g/mol. The molecule has 2 heterocycles. The summed E-state index contributed by atoms with van der Waals surface area (Å²) in [5, 5.41) is 0. The zero-order valence-corrected chi connectivity index (χ0v) is 13.1. The summed E-state index contributed by atoms with van der Waals surface area (Å²) < 4.78 is 20.8.